The van der Waals surface area contributed by atoms with Crippen molar-refractivity contribution in [2.75, 3.05) is 6.54 Å². The SMILES string of the molecule is CC(C)(C)OC(=O)NCC(O)C(O)c1ccc(C(=O)O)cc1Cl. The van der Waals surface area contributed by atoms with E-state index >= 15 is 0 Å². The Bertz CT molecular complexity index is 584. The van der Waals surface area contributed by atoms with E-state index in [0.717, 1.165) is 0 Å². The molecule has 0 radical (unpaired) electrons. The van der Waals surface area contributed by atoms with Gasteiger partial charge >= 0.3 is 12.1 Å². The lowest BCUT2D eigenvalue weighted by molar-refractivity contribution is 0.0129. The predicted octanol–water partition coefficient (Wildman–Crippen LogP) is 1.96. The number of carbonyl (C=O) groups is 2. The van der Waals surface area contributed by atoms with Crippen molar-refractivity contribution in [3.63, 3.8) is 0 Å². The second kappa shape index (κ2) is 7.63. The van der Waals surface area contributed by atoms with Crippen LogP contribution < -0.4 is 5.32 Å². The van der Waals surface area contributed by atoms with Crippen LogP contribution in [0.1, 0.15) is 42.8 Å². The zero-order valence-corrected chi connectivity index (χ0v) is 13.8. The van der Waals surface area contributed by atoms with Gasteiger partial charge in [0, 0.05) is 17.1 Å². The van der Waals surface area contributed by atoms with Gasteiger partial charge in [0.15, 0.2) is 0 Å². The van der Waals surface area contributed by atoms with Crippen LogP contribution in [0, 0.1) is 0 Å². The molecule has 0 aliphatic heterocycles. The van der Waals surface area contributed by atoms with E-state index < -0.39 is 29.9 Å². The Morgan fingerprint density at radius 2 is 1.91 bits per heavy atom. The third-order valence-electron chi connectivity index (χ3n) is 2.78. The smallest absolute Gasteiger partial charge is 0.407 e. The van der Waals surface area contributed by atoms with Crippen LogP contribution in [0.3, 0.4) is 0 Å². The Hall–Kier alpha value is -1.83. The maximum Gasteiger partial charge on any atom is 0.407 e. The Balaban J connectivity index is 2.68. The Kier molecular flexibility index (Phi) is 6.37. The molecule has 8 heteroatoms. The maximum atomic E-state index is 11.5. The number of carboxylic acids is 1. The molecule has 128 valence electrons. The number of alkyl carbamates (subject to hydrolysis) is 1. The molecule has 2 unspecified atom stereocenters. The Morgan fingerprint density at radius 1 is 1.30 bits per heavy atom. The minimum absolute atomic E-state index is 0.00807. The topological polar surface area (TPSA) is 116 Å². The fourth-order valence-corrected chi connectivity index (χ4v) is 2.01. The van der Waals surface area contributed by atoms with Crippen molar-refractivity contribution < 1.29 is 29.6 Å². The summed E-state index contributed by atoms with van der Waals surface area (Å²) in [5, 5.41) is 31.2. The molecule has 7 nitrogen and oxygen atoms in total. The molecular formula is C15H20ClNO6. The van der Waals surface area contributed by atoms with E-state index in [4.69, 9.17) is 21.4 Å². The zero-order chi connectivity index (χ0) is 17.8. The highest BCUT2D eigenvalue weighted by molar-refractivity contribution is 6.31. The van der Waals surface area contributed by atoms with E-state index in [1.165, 1.54) is 18.2 Å². The number of benzene rings is 1. The zero-order valence-electron chi connectivity index (χ0n) is 13.0. The van der Waals surface area contributed by atoms with Crippen molar-refractivity contribution in [1.82, 2.24) is 5.32 Å². The lowest BCUT2D eigenvalue weighted by atomic mass is 10.0. The average Bonchev–Trinajstić information content (AvgIpc) is 2.41. The number of nitrogens with one attached hydrogen (secondary N) is 1. The summed E-state index contributed by atoms with van der Waals surface area (Å²) in [6.45, 7) is 4.83. The Morgan fingerprint density at radius 3 is 2.39 bits per heavy atom. The highest BCUT2D eigenvalue weighted by Gasteiger charge is 2.23. The van der Waals surface area contributed by atoms with Crippen LogP contribution in [0.15, 0.2) is 18.2 Å². The van der Waals surface area contributed by atoms with Gasteiger partial charge in [0.2, 0.25) is 0 Å². The summed E-state index contributed by atoms with van der Waals surface area (Å²) in [6, 6.07) is 3.75. The lowest BCUT2D eigenvalue weighted by Gasteiger charge is -2.22. The summed E-state index contributed by atoms with van der Waals surface area (Å²) in [5.74, 6) is -1.15. The van der Waals surface area contributed by atoms with Crippen molar-refractivity contribution in [2.45, 2.75) is 38.6 Å². The summed E-state index contributed by atoms with van der Waals surface area (Å²) >= 11 is 5.92. The van der Waals surface area contributed by atoms with E-state index in [-0.39, 0.29) is 22.7 Å². The number of halogens is 1. The van der Waals surface area contributed by atoms with Crippen molar-refractivity contribution in [1.29, 1.82) is 0 Å². The molecule has 1 aromatic rings. The van der Waals surface area contributed by atoms with Crippen molar-refractivity contribution in [2.24, 2.45) is 0 Å². The van der Waals surface area contributed by atoms with E-state index in [1.807, 2.05) is 0 Å². The third-order valence-corrected chi connectivity index (χ3v) is 3.11. The number of hydrogen-bond donors (Lipinski definition) is 4. The monoisotopic (exact) mass is 345 g/mol. The molecule has 1 amide bonds. The molecule has 2 atom stereocenters. The largest absolute Gasteiger partial charge is 0.478 e. The highest BCUT2D eigenvalue weighted by atomic mass is 35.5. The predicted molar refractivity (Wildman–Crippen MR) is 83.6 cm³/mol. The first kappa shape index (κ1) is 19.2. The molecule has 4 N–H and O–H groups in total. The molecule has 0 saturated heterocycles. The Labute approximate surface area is 138 Å². The van der Waals surface area contributed by atoms with Crippen molar-refractivity contribution in [3.8, 4) is 0 Å². The maximum absolute atomic E-state index is 11.5. The van der Waals surface area contributed by atoms with Gasteiger partial charge in [-0.05, 0) is 32.9 Å². The molecule has 0 aliphatic carbocycles. The number of aliphatic hydroxyl groups excluding tert-OH is 2. The molecule has 0 heterocycles. The molecule has 0 fully saturated rings. The number of ether oxygens (including phenoxy) is 1. The van der Waals surface area contributed by atoms with Gasteiger partial charge in [-0.2, -0.15) is 0 Å². The fraction of sp³-hybridized carbons (Fsp3) is 0.467. The third kappa shape index (κ3) is 6.05. The van der Waals surface area contributed by atoms with Crippen LogP contribution in [-0.4, -0.2) is 45.6 Å². The summed E-state index contributed by atoms with van der Waals surface area (Å²) in [6.07, 6.45) is -3.45. The van der Waals surface area contributed by atoms with Gasteiger partial charge < -0.3 is 25.4 Å². The quantitative estimate of drug-likeness (QED) is 0.648. The van der Waals surface area contributed by atoms with Crippen LogP contribution >= 0.6 is 11.6 Å². The van der Waals surface area contributed by atoms with Crippen molar-refractivity contribution in [3.05, 3.63) is 34.3 Å². The van der Waals surface area contributed by atoms with Gasteiger partial charge in [-0.3, -0.25) is 0 Å². The molecular weight excluding hydrogens is 326 g/mol. The van der Waals surface area contributed by atoms with Gasteiger partial charge in [-0.1, -0.05) is 17.7 Å². The molecule has 0 spiro atoms. The average molecular weight is 346 g/mol. The molecule has 1 rings (SSSR count). The van der Waals surface area contributed by atoms with Gasteiger partial charge in [0.1, 0.15) is 17.8 Å². The number of carbonyl (C=O) groups excluding carboxylic acids is 1. The van der Waals surface area contributed by atoms with E-state index in [9.17, 15) is 19.8 Å². The fourth-order valence-electron chi connectivity index (χ4n) is 1.72. The molecule has 1 aromatic carbocycles. The van der Waals surface area contributed by atoms with Crippen LogP contribution in [0.5, 0.6) is 0 Å². The summed E-state index contributed by atoms with van der Waals surface area (Å²) in [5.41, 5.74) is -0.550. The van der Waals surface area contributed by atoms with Crippen LogP contribution in [-0.2, 0) is 4.74 Å². The summed E-state index contributed by atoms with van der Waals surface area (Å²) in [4.78, 5) is 22.3. The van der Waals surface area contributed by atoms with Crippen LogP contribution in [0.4, 0.5) is 4.79 Å². The molecule has 0 bridgehead atoms. The highest BCUT2D eigenvalue weighted by Crippen LogP contribution is 2.26. The van der Waals surface area contributed by atoms with Gasteiger partial charge in [-0.25, -0.2) is 9.59 Å². The first-order valence-corrected chi connectivity index (χ1v) is 7.25. The second-order valence-electron chi connectivity index (χ2n) is 5.94. The van der Waals surface area contributed by atoms with Crippen LogP contribution in [0.25, 0.3) is 0 Å². The minimum atomic E-state index is -1.39. The number of amides is 1. The normalized spacial score (nSPS) is 14.0. The van der Waals surface area contributed by atoms with E-state index in [0.29, 0.717) is 0 Å². The van der Waals surface area contributed by atoms with Gasteiger partial charge in [0.05, 0.1) is 5.56 Å². The standard InChI is InChI=1S/C15H20ClNO6/c1-15(2,3)23-14(22)17-7-11(18)12(19)9-5-4-8(13(20)21)6-10(9)16/h4-6,11-12,18-19H,7H2,1-3H3,(H,17,22)(H,20,21). The second-order valence-corrected chi connectivity index (χ2v) is 6.34. The summed E-state index contributed by atoms with van der Waals surface area (Å²) in [7, 11) is 0. The molecule has 0 aromatic heterocycles. The molecule has 23 heavy (non-hydrogen) atoms. The number of rotatable bonds is 5. The van der Waals surface area contributed by atoms with Crippen LogP contribution in [0.2, 0.25) is 5.02 Å². The molecule has 0 saturated carbocycles. The van der Waals surface area contributed by atoms with Crippen molar-refractivity contribution >= 4 is 23.7 Å². The summed E-state index contributed by atoms with van der Waals surface area (Å²) < 4.78 is 5.01. The van der Waals surface area contributed by atoms with E-state index in [1.54, 1.807) is 20.8 Å². The minimum Gasteiger partial charge on any atom is -0.478 e. The van der Waals surface area contributed by atoms with Gasteiger partial charge in [-0.15, -0.1) is 0 Å². The number of aliphatic hydroxyl groups is 2. The van der Waals surface area contributed by atoms with E-state index in [2.05, 4.69) is 5.32 Å². The number of hydrogen-bond acceptors (Lipinski definition) is 5. The first-order chi connectivity index (χ1) is 10.5. The van der Waals surface area contributed by atoms with Gasteiger partial charge in [0.25, 0.3) is 0 Å². The number of carboxylic acid groups (broad SMARTS) is 1. The first-order valence-electron chi connectivity index (χ1n) is 6.87. The molecule has 0 aliphatic rings. The number of aromatic carboxylic acids is 1. The lowest BCUT2D eigenvalue weighted by Crippen LogP contribution is -2.38.